The van der Waals surface area contributed by atoms with Crippen molar-refractivity contribution in [2.24, 2.45) is 7.05 Å². The molecular formula is C22H25N5O2. The van der Waals surface area contributed by atoms with Crippen LogP contribution in [-0.4, -0.2) is 43.6 Å². The Morgan fingerprint density at radius 1 is 1.10 bits per heavy atom. The molecule has 0 atom stereocenters. The van der Waals surface area contributed by atoms with Gasteiger partial charge in [0, 0.05) is 44.0 Å². The van der Waals surface area contributed by atoms with Crippen LogP contribution in [0.3, 0.4) is 0 Å². The van der Waals surface area contributed by atoms with Gasteiger partial charge in [0.2, 0.25) is 5.88 Å². The molecule has 0 bridgehead atoms. The van der Waals surface area contributed by atoms with Crippen LogP contribution in [0.15, 0.2) is 42.6 Å². The number of nitrogens with zero attached hydrogens (tertiary/aromatic N) is 5. The monoisotopic (exact) mass is 391 g/mol. The summed E-state index contributed by atoms with van der Waals surface area (Å²) in [7, 11) is 1.81. The highest BCUT2D eigenvalue weighted by atomic mass is 16.5. The topological polar surface area (TPSA) is 73.1 Å². The number of hydrogen-bond acceptors (Lipinski definition) is 5. The molecule has 1 fully saturated rings. The average molecular weight is 391 g/mol. The van der Waals surface area contributed by atoms with Crippen LogP contribution >= 0.6 is 0 Å². The number of piperidine rings is 1. The van der Waals surface area contributed by atoms with Gasteiger partial charge in [-0.05, 0) is 44.4 Å². The van der Waals surface area contributed by atoms with Crippen LogP contribution in [0, 0.1) is 13.8 Å². The molecule has 1 aliphatic rings. The van der Waals surface area contributed by atoms with Crippen molar-refractivity contribution in [3.63, 3.8) is 0 Å². The minimum absolute atomic E-state index is 0.0159. The van der Waals surface area contributed by atoms with E-state index in [9.17, 15) is 4.79 Å². The number of aromatic nitrogens is 4. The molecule has 29 heavy (non-hydrogen) atoms. The highest BCUT2D eigenvalue weighted by Crippen LogP contribution is 2.29. The molecule has 3 heterocycles. The predicted octanol–water partition coefficient (Wildman–Crippen LogP) is 3.64. The first-order valence-electron chi connectivity index (χ1n) is 9.87. The van der Waals surface area contributed by atoms with Gasteiger partial charge in [0.15, 0.2) is 0 Å². The van der Waals surface area contributed by atoms with Gasteiger partial charge in [-0.15, -0.1) is 0 Å². The minimum atomic E-state index is -0.0159. The fourth-order valence-electron chi connectivity index (χ4n) is 3.61. The second-order valence-corrected chi connectivity index (χ2v) is 7.51. The lowest BCUT2D eigenvalue weighted by Gasteiger charge is -2.31. The standard InChI is InChI=1S/C22H25N5O2/c1-15-6-4-5-7-19(15)29-20-14-16(2)23-21(24-20)17-8-12-27(13-9-17)22(28)18-10-11-26(3)25-18/h4-7,10-11,14,17H,8-9,12-13H2,1-3H3. The Kier molecular flexibility index (Phi) is 5.29. The van der Waals surface area contributed by atoms with Gasteiger partial charge >= 0.3 is 0 Å². The van der Waals surface area contributed by atoms with E-state index in [1.54, 1.807) is 16.9 Å². The van der Waals surface area contributed by atoms with Gasteiger partial charge < -0.3 is 9.64 Å². The van der Waals surface area contributed by atoms with E-state index in [4.69, 9.17) is 4.74 Å². The van der Waals surface area contributed by atoms with E-state index in [0.717, 1.165) is 35.7 Å². The molecule has 0 saturated carbocycles. The lowest BCUT2D eigenvalue weighted by molar-refractivity contribution is 0.0704. The van der Waals surface area contributed by atoms with E-state index in [0.29, 0.717) is 24.7 Å². The number of aryl methyl sites for hydroxylation is 3. The summed E-state index contributed by atoms with van der Waals surface area (Å²) in [5.74, 6) is 2.35. The maximum Gasteiger partial charge on any atom is 0.274 e. The fourth-order valence-corrected chi connectivity index (χ4v) is 3.61. The van der Waals surface area contributed by atoms with E-state index >= 15 is 0 Å². The van der Waals surface area contributed by atoms with Gasteiger partial charge in [0.05, 0.1) is 0 Å². The summed E-state index contributed by atoms with van der Waals surface area (Å²) >= 11 is 0. The summed E-state index contributed by atoms with van der Waals surface area (Å²) in [6, 6.07) is 11.5. The Hall–Kier alpha value is -3.22. The Morgan fingerprint density at radius 3 is 2.55 bits per heavy atom. The number of hydrogen-bond donors (Lipinski definition) is 0. The molecular weight excluding hydrogens is 366 g/mol. The van der Waals surface area contributed by atoms with Crippen molar-refractivity contribution in [3.8, 4) is 11.6 Å². The number of amides is 1. The van der Waals surface area contributed by atoms with Crippen molar-refractivity contribution < 1.29 is 9.53 Å². The maximum atomic E-state index is 12.6. The number of carbonyl (C=O) groups excluding carboxylic acids is 1. The molecule has 1 amide bonds. The zero-order valence-electron chi connectivity index (χ0n) is 17.0. The summed E-state index contributed by atoms with van der Waals surface area (Å²) in [6.07, 6.45) is 3.44. The molecule has 7 heteroatoms. The third kappa shape index (κ3) is 4.29. The van der Waals surface area contributed by atoms with Crippen LogP contribution in [0.25, 0.3) is 0 Å². The first-order valence-corrected chi connectivity index (χ1v) is 9.87. The third-order valence-electron chi connectivity index (χ3n) is 5.24. The van der Waals surface area contributed by atoms with Crippen LogP contribution in [-0.2, 0) is 7.05 Å². The van der Waals surface area contributed by atoms with Crippen LogP contribution in [0.5, 0.6) is 11.6 Å². The summed E-state index contributed by atoms with van der Waals surface area (Å²) in [6.45, 7) is 5.31. The maximum absolute atomic E-state index is 12.6. The lowest BCUT2D eigenvalue weighted by Crippen LogP contribution is -2.38. The van der Waals surface area contributed by atoms with E-state index in [1.165, 1.54) is 0 Å². The van der Waals surface area contributed by atoms with Crippen molar-refractivity contribution in [1.82, 2.24) is 24.6 Å². The van der Waals surface area contributed by atoms with Gasteiger partial charge in [0.25, 0.3) is 5.91 Å². The predicted molar refractivity (Wildman–Crippen MR) is 109 cm³/mol. The second kappa shape index (κ2) is 8.03. The van der Waals surface area contributed by atoms with E-state index < -0.39 is 0 Å². The molecule has 0 aliphatic carbocycles. The molecule has 0 radical (unpaired) electrons. The van der Waals surface area contributed by atoms with Crippen molar-refractivity contribution in [2.75, 3.05) is 13.1 Å². The smallest absolute Gasteiger partial charge is 0.274 e. The average Bonchev–Trinajstić information content (AvgIpc) is 3.15. The third-order valence-corrected chi connectivity index (χ3v) is 5.24. The highest BCUT2D eigenvalue weighted by Gasteiger charge is 2.27. The first-order chi connectivity index (χ1) is 14.0. The molecule has 0 N–H and O–H groups in total. The van der Waals surface area contributed by atoms with Gasteiger partial charge in [-0.25, -0.2) is 4.98 Å². The van der Waals surface area contributed by atoms with Gasteiger partial charge in [0.1, 0.15) is 17.3 Å². The number of benzene rings is 1. The van der Waals surface area contributed by atoms with Crippen molar-refractivity contribution in [2.45, 2.75) is 32.6 Å². The summed E-state index contributed by atoms with van der Waals surface area (Å²) in [5.41, 5.74) is 2.43. The zero-order valence-corrected chi connectivity index (χ0v) is 17.0. The van der Waals surface area contributed by atoms with Crippen LogP contribution in [0.1, 0.15) is 46.3 Å². The van der Waals surface area contributed by atoms with E-state index in [1.807, 2.05) is 56.1 Å². The minimum Gasteiger partial charge on any atom is -0.439 e. The van der Waals surface area contributed by atoms with E-state index in [-0.39, 0.29) is 11.8 Å². The molecule has 1 aromatic carbocycles. The van der Waals surface area contributed by atoms with Gasteiger partial charge in [-0.2, -0.15) is 10.1 Å². The first kappa shape index (κ1) is 19.1. The lowest BCUT2D eigenvalue weighted by atomic mass is 9.95. The molecule has 0 spiro atoms. The number of rotatable bonds is 4. The normalized spacial score (nSPS) is 14.8. The van der Waals surface area contributed by atoms with E-state index in [2.05, 4.69) is 15.1 Å². The van der Waals surface area contributed by atoms with Crippen molar-refractivity contribution >= 4 is 5.91 Å². The molecule has 1 saturated heterocycles. The van der Waals surface area contributed by atoms with Crippen LogP contribution in [0.2, 0.25) is 0 Å². The quantitative estimate of drug-likeness (QED) is 0.679. The number of para-hydroxylation sites is 1. The Morgan fingerprint density at radius 2 is 1.86 bits per heavy atom. The molecule has 2 aromatic heterocycles. The summed E-state index contributed by atoms with van der Waals surface area (Å²) < 4.78 is 7.66. The van der Waals surface area contributed by atoms with Crippen molar-refractivity contribution in [1.29, 1.82) is 0 Å². The Labute approximate surface area is 170 Å². The zero-order chi connectivity index (χ0) is 20.4. The molecule has 0 unspecified atom stereocenters. The Balaban J connectivity index is 1.45. The molecule has 1 aliphatic heterocycles. The highest BCUT2D eigenvalue weighted by molar-refractivity contribution is 5.92. The number of carbonyl (C=O) groups is 1. The molecule has 3 aromatic rings. The number of likely N-dealkylation sites (tertiary alicyclic amines) is 1. The van der Waals surface area contributed by atoms with Gasteiger partial charge in [-0.1, -0.05) is 18.2 Å². The van der Waals surface area contributed by atoms with Crippen molar-refractivity contribution in [3.05, 3.63) is 65.4 Å². The Bertz CT molecular complexity index is 1020. The SMILES string of the molecule is Cc1cc(Oc2ccccc2C)nc(C2CCN(C(=O)c3ccn(C)n3)CC2)n1. The van der Waals surface area contributed by atoms with Gasteiger partial charge in [-0.3, -0.25) is 9.48 Å². The van der Waals surface area contributed by atoms with Crippen LogP contribution < -0.4 is 4.74 Å². The largest absolute Gasteiger partial charge is 0.439 e. The molecule has 7 nitrogen and oxygen atoms in total. The fraction of sp³-hybridized carbons (Fsp3) is 0.364. The second-order valence-electron chi connectivity index (χ2n) is 7.51. The number of ether oxygens (including phenoxy) is 1. The van der Waals surface area contributed by atoms with Crippen LogP contribution in [0.4, 0.5) is 0 Å². The molecule has 4 rings (SSSR count). The summed E-state index contributed by atoms with van der Waals surface area (Å²) in [4.78, 5) is 23.8. The molecule has 150 valence electrons. The summed E-state index contributed by atoms with van der Waals surface area (Å²) in [5, 5.41) is 4.22.